The van der Waals surface area contributed by atoms with Crippen molar-refractivity contribution in [3.8, 4) is 0 Å². The Labute approximate surface area is 145 Å². The molecule has 0 spiro atoms. The molecule has 1 aromatic carbocycles. The molecule has 1 unspecified atom stereocenters. The summed E-state index contributed by atoms with van der Waals surface area (Å²) in [5, 5.41) is 8.61. The Morgan fingerprint density at radius 1 is 1.38 bits per heavy atom. The molecule has 1 N–H and O–H groups in total. The number of carbonyl (C=O) groups is 1. The second-order valence-corrected chi connectivity index (χ2v) is 6.92. The molecular weight excluding hydrogens is 322 g/mol. The summed E-state index contributed by atoms with van der Waals surface area (Å²) in [6.07, 6.45) is 0. The van der Waals surface area contributed by atoms with E-state index < -0.39 is 0 Å². The number of nitrogens with one attached hydrogen (secondary N) is 1. The number of fused-ring (bicyclic) bond motifs is 1. The van der Waals surface area contributed by atoms with Gasteiger partial charge in [-0.15, -0.1) is 11.3 Å². The molecule has 0 bridgehead atoms. The summed E-state index contributed by atoms with van der Waals surface area (Å²) in [5.41, 5.74) is 2.14. The van der Waals surface area contributed by atoms with Crippen LogP contribution in [0, 0.1) is 6.92 Å². The van der Waals surface area contributed by atoms with Crippen LogP contribution < -0.4 is 5.32 Å². The number of hydrogen-bond acceptors (Lipinski definition) is 4. The van der Waals surface area contributed by atoms with Gasteiger partial charge in [0.25, 0.3) is 5.91 Å². The number of thiophene rings is 1. The Hall–Kier alpha value is -2.18. The van der Waals surface area contributed by atoms with Gasteiger partial charge < -0.3 is 10.1 Å². The van der Waals surface area contributed by atoms with E-state index in [0.29, 0.717) is 18.0 Å². The molecule has 2 heterocycles. The first-order chi connectivity index (χ1) is 11.6. The SMILES string of the molecule is COCC(C)NC(=O)c1cc2c(C)nn(Cc3ccccc3)c2s1. The zero-order valence-corrected chi connectivity index (χ0v) is 14.9. The molecule has 126 valence electrons. The highest BCUT2D eigenvalue weighted by atomic mass is 32.1. The molecule has 0 aliphatic heterocycles. The quantitative estimate of drug-likeness (QED) is 0.748. The van der Waals surface area contributed by atoms with Crippen LogP contribution in [-0.2, 0) is 11.3 Å². The fourth-order valence-electron chi connectivity index (χ4n) is 2.67. The molecule has 0 aliphatic carbocycles. The van der Waals surface area contributed by atoms with E-state index in [9.17, 15) is 4.79 Å². The summed E-state index contributed by atoms with van der Waals surface area (Å²) in [6, 6.07) is 12.1. The molecule has 3 rings (SSSR count). The summed E-state index contributed by atoms with van der Waals surface area (Å²) in [6.45, 7) is 5.10. The van der Waals surface area contributed by atoms with Gasteiger partial charge in [-0.3, -0.25) is 9.48 Å². The lowest BCUT2D eigenvalue weighted by Crippen LogP contribution is -2.35. The number of aromatic nitrogens is 2. The Morgan fingerprint density at radius 2 is 2.12 bits per heavy atom. The molecule has 3 aromatic rings. The Balaban J connectivity index is 1.85. The van der Waals surface area contributed by atoms with Gasteiger partial charge in [-0.05, 0) is 25.5 Å². The van der Waals surface area contributed by atoms with E-state index in [4.69, 9.17) is 4.74 Å². The van der Waals surface area contributed by atoms with Gasteiger partial charge in [0.2, 0.25) is 0 Å². The number of benzene rings is 1. The number of carbonyl (C=O) groups excluding carboxylic acids is 1. The molecule has 0 radical (unpaired) electrons. The molecule has 1 atom stereocenters. The normalized spacial score (nSPS) is 12.5. The maximum absolute atomic E-state index is 12.4. The lowest BCUT2D eigenvalue weighted by atomic mass is 10.2. The van der Waals surface area contributed by atoms with Gasteiger partial charge in [0.1, 0.15) is 4.83 Å². The van der Waals surface area contributed by atoms with E-state index >= 15 is 0 Å². The predicted molar refractivity (Wildman–Crippen MR) is 96.7 cm³/mol. The predicted octanol–water partition coefficient (Wildman–Crippen LogP) is 3.22. The van der Waals surface area contributed by atoms with E-state index in [1.807, 2.05) is 42.8 Å². The molecule has 0 saturated carbocycles. The van der Waals surface area contributed by atoms with Gasteiger partial charge in [0.15, 0.2) is 0 Å². The minimum Gasteiger partial charge on any atom is -0.383 e. The van der Waals surface area contributed by atoms with Gasteiger partial charge in [0, 0.05) is 18.5 Å². The molecule has 0 aliphatic rings. The summed E-state index contributed by atoms with van der Waals surface area (Å²) in [5.74, 6) is -0.0635. The van der Waals surface area contributed by atoms with Gasteiger partial charge in [-0.1, -0.05) is 30.3 Å². The first-order valence-electron chi connectivity index (χ1n) is 7.89. The van der Waals surface area contributed by atoms with E-state index in [-0.39, 0.29) is 11.9 Å². The molecule has 24 heavy (non-hydrogen) atoms. The zero-order valence-electron chi connectivity index (χ0n) is 14.1. The number of hydrogen-bond donors (Lipinski definition) is 1. The lowest BCUT2D eigenvalue weighted by Gasteiger charge is -2.11. The van der Waals surface area contributed by atoms with Crippen molar-refractivity contribution < 1.29 is 9.53 Å². The van der Waals surface area contributed by atoms with Crippen LogP contribution in [0.4, 0.5) is 0 Å². The smallest absolute Gasteiger partial charge is 0.261 e. The average molecular weight is 343 g/mol. The molecule has 6 heteroatoms. The van der Waals surface area contributed by atoms with Crippen molar-refractivity contribution >= 4 is 27.5 Å². The van der Waals surface area contributed by atoms with Crippen molar-refractivity contribution in [1.29, 1.82) is 0 Å². The van der Waals surface area contributed by atoms with E-state index in [0.717, 1.165) is 15.9 Å². The summed E-state index contributed by atoms with van der Waals surface area (Å²) in [7, 11) is 1.63. The molecule has 0 fully saturated rings. The molecule has 1 amide bonds. The minimum absolute atomic E-state index is 0.0189. The maximum atomic E-state index is 12.4. The van der Waals surface area contributed by atoms with Crippen LogP contribution in [0.1, 0.15) is 27.9 Å². The first kappa shape index (κ1) is 16.7. The van der Waals surface area contributed by atoms with Crippen molar-refractivity contribution in [3.05, 3.63) is 52.5 Å². The zero-order chi connectivity index (χ0) is 17.1. The fraction of sp³-hybridized carbons (Fsp3) is 0.333. The van der Waals surface area contributed by atoms with Gasteiger partial charge in [-0.2, -0.15) is 5.10 Å². The fourth-order valence-corrected chi connectivity index (χ4v) is 3.74. The van der Waals surface area contributed by atoms with E-state index in [1.54, 1.807) is 7.11 Å². The highest BCUT2D eigenvalue weighted by molar-refractivity contribution is 7.20. The van der Waals surface area contributed by atoms with Crippen molar-refractivity contribution in [3.63, 3.8) is 0 Å². The van der Waals surface area contributed by atoms with Gasteiger partial charge >= 0.3 is 0 Å². The van der Waals surface area contributed by atoms with E-state index in [1.165, 1.54) is 16.9 Å². The summed E-state index contributed by atoms with van der Waals surface area (Å²) < 4.78 is 7.04. The topological polar surface area (TPSA) is 56.1 Å². The molecule has 2 aromatic heterocycles. The molecule has 0 saturated heterocycles. The number of methoxy groups -OCH3 is 1. The minimum atomic E-state index is -0.0635. The maximum Gasteiger partial charge on any atom is 0.261 e. The number of ether oxygens (including phenoxy) is 1. The van der Waals surface area contributed by atoms with Crippen LogP contribution in [0.3, 0.4) is 0 Å². The second-order valence-electron chi connectivity index (χ2n) is 5.89. The first-order valence-corrected chi connectivity index (χ1v) is 8.71. The van der Waals surface area contributed by atoms with Crippen LogP contribution in [0.15, 0.2) is 36.4 Å². The van der Waals surface area contributed by atoms with Crippen LogP contribution in [-0.4, -0.2) is 35.4 Å². The van der Waals surface area contributed by atoms with Crippen molar-refractivity contribution in [1.82, 2.24) is 15.1 Å². The third-order valence-corrected chi connectivity index (χ3v) is 4.95. The van der Waals surface area contributed by atoms with Crippen LogP contribution in [0.25, 0.3) is 10.2 Å². The lowest BCUT2D eigenvalue weighted by molar-refractivity contribution is 0.0909. The highest BCUT2D eigenvalue weighted by Crippen LogP contribution is 2.28. The third-order valence-electron chi connectivity index (χ3n) is 3.80. The third kappa shape index (κ3) is 3.49. The van der Waals surface area contributed by atoms with Crippen LogP contribution in [0.2, 0.25) is 0 Å². The number of amides is 1. The largest absolute Gasteiger partial charge is 0.383 e. The standard InChI is InChI=1S/C18H21N3O2S/c1-12(11-23-3)19-17(22)16-9-15-13(2)20-21(18(15)24-16)10-14-7-5-4-6-8-14/h4-9,12H,10-11H2,1-3H3,(H,19,22). The Bertz CT molecular complexity index is 839. The van der Waals surface area contributed by atoms with Crippen LogP contribution in [0.5, 0.6) is 0 Å². The Kier molecular flexibility index (Phi) is 4.97. The molecule has 5 nitrogen and oxygen atoms in total. The molecular formula is C18H21N3O2S. The summed E-state index contributed by atoms with van der Waals surface area (Å²) >= 11 is 1.48. The van der Waals surface area contributed by atoms with Crippen molar-refractivity contribution in [2.45, 2.75) is 26.4 Å². The van der Waals surface area contributed by atoms with Crippen molar-refractivity contribution in [2.75, 3.05) is 13.7 Å². The number of rotatable bonds is 6. The second kappa shape index (κ2) is 7.15. The number of nitrogens with zero attached hydrogens (tertiary/aromatic N) is 2. The van der Waals surface area contributed by atoms with E-state index in [2.05, 4.69) is 22.5 Å². The monoisotopic (exact) mass is 343 g/mol. The Morgan fingerprint density at radius 3 is 2.83 bits per heavy atom. The number of aryl methyl sites for hydroxylation is 1. The summed E-state index contributed by atoms with van der Waals surface area (Å²) in [4.78, 5) is 14.1. The van der Waals surface area contributed by atoms with Gasteiger partial charge in [-0.25, -0.2) is 0 Å². The van der Waals surface area contributed by atoms with Gasteiger partial charge in [0.05, 0.1) is 23.7 Å². The average Bonchev–Trinajstić information content (AvgIpc) is 3.11. The van der Waals surface area contributed by atoms with Crippen LogP contribution >= 0.6 is 11.3 Å². The highest BCUT2D eigenvalue weighted by Gasteiger charge is 2.17. The van der Waals surface area contributed by atoms with Crippen molar-refractivity contribution in [2.24, 2.45) is 0 Å².